The molecule has 0 heterocycles. The number of aliphatic hydroxyl groups excluding tert-OH is 1. The Bertz CT molecular complexity index is 750. The highest BCUT2D eigenvalue weighted by Crippen LogP contribution is 2.33. The van der Waals surface area contributed by atoms with E-state index in [0.717, 1.165) is 22.4 Å². The number of hydrogen-bond acceptors (Lipinski definition) is 3. The van der Waals surface area contributed by atoms with Crippen molar-refractivity contribution in [2.24, 2.45) is 0 Å². The molecule has 0 spiro atoms. The average Bonchev–Trinajstić information content (AvgIpc) is 2.56. The predicted molar refractivity (Wildman–Crippen MR) is 94.0 cm³/mol. The van der Waals surface area contributed by atoms with Crippen LogP contribution in [0.5, 0.6) is 11.5 Å². The van der Waals surface area contributed by atoms with Crippen molar-refractivity contribution in [3.05, 3.63) is 57.6 Å². The van der Waals surface area contributed by atoms with E-state index in [-0.39, 0.29) is 0 Å². The quantitative estimate of drug-likeness (QED) is 0.810. The minimum atomic E-state index is -0.950. The average molecular weight is 330 g/mol. The van der Waals surface area contributed by atoms with Crippen LogP contribution in [-0.2, 0) is 6.54 Å². The summed E-state index contributed by atoms with van der Waals surface area (Å²) in [7, 11) is 1.87. The van der Waals surface area contributed by atoms with Crippen molar-refractivity contribution in [1.82, 2.24) is 5.32 Å². The maximum atomic E-state index is 9.85. The van der Waals surface area contributed by atoms with Crippen LogP contribution in [0.15, 0.2) is 30.3 Å². The van der Waals surface area contributed by atoms with Gasteiger partial charge in [0.25, 0.3) is 0 Å². The first kappa shape index (κ1) is 17.4. The molecule has 0 fully saturated rings. The largest absolute Gasteiger partial charge is 0.457 e. The van der Waals surface area contributed by atoms with Crippen molar-refractivity contribution in [3.63, 3.8) is 0 Å². The lowest BCUT2D eigenvalue weighted by molar-refractivity contribution is 0.238. The number of terminal acetylenes is 1. The van der Waals surface area contributed by atoms with E-state index in [2.05, 4.69) is 11.2 Å². The number of nitrogens with one attached hydrogen (secondary N) is 1. The third-order valence-corrected chi connectivity index (χ3v) is 4.23. The first-order valence-corrected chi connectivity index (χ1v) is 7.71. The molecule has 0 aliphatic carbocycles. The lowest BCUT2D eigenvalue weighted by Gasteiger charge is -2.16. The van der Waals surface area contributed by atoms with Gasteiger partial charge in [-0.25, -0.2) is 0 Å². The van der Waals surface area contributed by atoms with Gasteiger partial charge >= 0.3 is 0 Å². The molecule has 2 aromatic carbocycles. The Labute approximate surface area is 142 Å². The van der Waals surface area contributed by atoms with E-state index in [4.69, 9.17) is 22.8 Å². The fraction of sp³-hybridized carbons (Fsp3) is 0.263. The van der Waals surface area contributed by atoms with Crippen LogP contribution in [0.25, 0.3) is 0 Å². The standard InChI is InChI=1S/C19H20ClNO2/c1-5-17(22)14-6-7-15(11-21-4)19(10-14)23-18-9-8-16(20)12(2)13(18)3/h1,6-10,17,21-22H,11H2,2-4H3. The molecule has 4 heteroatoms. The van der Waals surface area contributed by atoms with Crippen molar-refractivity contribution in [2.75, 3.05) is 7.05 Å². The minimum absolute atomic E-state index is 0.630. The lowest BCUT2D eigenvalue weighted by atomic mass is 10.1. The summed E-state index contributed by atoms with van der Waals surface area (Å²) < 4.78 is 6.09. The third kappa shape index (κ3) is 3.86. The number of benzene rings is 2. The van der Waals surface area contributed by atoms with E-state index in [1.165, 1.54) is 0 Å². The van der Waals surface area contributed by atoms with Gasteiger partial charge in [0.15, 0.2) is 0 Å². The highest BCUT2D eigenvalue weighted by molar-refractivity contribution is 6.31. The molecule has 23 heavy (non-hydrogen) atoms. The Balaban J connectivity index is 2.44. The summed E-state index contributed by atoms with van der Waals surface area (Å²) in [5.74, 6) is 3.71. The van der Waals surface area contributed by atoms with Gasteiger partial charge in [0.05, 0.1) is 0 Å². The fourth-order valence-electron chi connectivity index (χ4n) is 2.26. The highest BCUT2D eigenvalue weighted by Gasteiger charge is 2.13. The van der Waals surface area contributed by atoms with Gasteiger partial charge in [0.1, 0.15) is 17.6 Å². The topological polar surface area (TPSA) is 41.5 Å². The molecule has 2 aromatic rings. The number of hydrogen-bond donors (Lipinski definition) is 2. The molecule has 0 radical (unpaired) electrons. The second kappa shape index (κ2) is 7.52. The first-order valence-electron chi connectivity index (χ1n) is 7.33. The zero-order valence-electron chi connectivity index (χ0n) is 13.5. The number of ether oxygens (including phenoxy) is 1. The molecule has 2 rings (SSSR count). The van der Waals surface area contributed by atoms with Crippen LogP contribution in [0.2, 0.25) is 5.02 Å². The summed E-state index contributed by atoms with van der Waals surface area (Å²) in [6, 6.07) is 9.15. The molecule has 3 nitrogen and oxygen atoms in total. The third-order valence-electron chi connectivity index (χ3n) is 3.82. The maximum absolute atomic E-state index is 9.85. The summed E-state index contributed by atoms with van der Waals surface area (Å²) in [6.07, 6.45) is 4.35. The molecule has 1 unspecified atom stereocenters. The van der Waals surface area contributed by atoms with Crippen LogP contribution in [0.4, 0.5) is 0 Å². The normalized spacial score (nSPS) is 11.8. The van der Waals surface area contributed by atoms with E-state index in [1.807, 2.05) is 45.2 Å². The molecule has 0 aliphatic heterocycles. The van der Waals surface area contributed by atoms with Crippen LogP contribution in [-0.4, -0.2) is 12.2 Å². The monoisotopic (exact) mass is 329 g/mol. The Morgan fingerprint density at radius 1 is 1.22 bits per heavy atom. The van der Waals surface area contributed by atoms with Gasteiger partial charge < -0.3 is 15.2 Å². The zero-order chi connectivity index (χ0) is 17.0. The number of halogens is 1. The van der Waals surface area contributed by atoms with Crippen molar-refractivity contribution in [1.29, 1.82) is 0 Å². The van der Waals surface area contributed by atoms with Gasteiger partial charge in [-0.1, -0.05) is 29.7 Å². The molecule has 0 aliphatic rings. The van der Waals surface area contributed by atoms with Crippen LogP contribution in [0.3, 0.4) is 0 Å². The summed E-state index contributed by atoms with van der Waals surface area (Å²) in [4.78, 5) is 0. The molecule has 0 bridgehead atoms. The SMILES string of the molecule is C#CC(O)c1ccc(CNC)c(Oc2ccc(Cl)c(C)c2C)c1. The molecule has 1 atom stereocenters. The van der Waals surface area contributed by atoms with Gasteiger partial charge in [-0.3, -0.25) is 0 Å². The highest BCUT2D eigenvalue weighted by atomic mass is 35.5. The second-order valence-electron chi connectivity index (χ2n) is 5.36. The molecule has 0 amide bonds. The van der Waals surface area contributed by atoms with Crippen LogP contribution < -0.4 is 10.1 Å². The molecule has 0 saturated heterocycles. The Morgan fingerprint density at radius 3 is 2.61 bits per heavy atom. The summed E-state index contributed by atoms with van der Waals surface area (Å²) >= 11 is 6.13. The smallest absolute Gasteiger partial charge is 0.140 e. The van der Waals surface area contributed by atoms with Crippen molar-refractivity contribution >= 4 is 11.6 Å². The Hall–Kier alpha value is -1.99. The van der Waals surface area contributed by atoms with Crippen LogP contribution in [0, 0.1) is 26.2 Å². The molecular formula is C19H20ClNO2. The van der Waals surface area contributed by atoms with Gasteiger partial charge in [-0.2, -0.15) is 0 Å². The van der Waals surface area contributed by atoms with E-state index in [0.29, 0.717) is 22.9 Å². The van der Waals surface area contributed by atoms with Gasteiger partial charge in [0, 0.05) is 17.1 Å². The Morgan fingerprint density at radius 2 is 1.96 bits per heavy atom. The summed E-state index contributed by atoms with van der Waals surface area (Å²) in [6.45, 7) is 4.57. The van der Waals surface area contributed by atoms with Crippen LogP contribution >= 0.6 is 11.6 Å². The molecule has 120 valence electrons. The van der Waals surface area contributed by atoms with E-state index >= 15 is 0 Å². The fourth-order valence-corrected chi connectivity index (χ4v) is 2.47. The zero-order valence-corrected chi connectivity index (χ0v) is 14.2. The number of aliphatic hydroxyl groups is 1. The van der Waals surface area contributed by atoms with E-state index < -0.39 is 6.10 Å². The van der Waals surface area contributed by atoms with E-state index in [9.17, 15) is 5.11 Å². The predicted octanol–water partition coefficient (Wildman–Crippen LogP) is 4.14. The lowest BCUT2D eigenvalue weighted by Crippen LogP contribution is -2.07. The maximum Gasteiger partial charge on any atom is 0.140 e. The minimum Gasteiger partial charge on any atom is -0.457 e. The van der Waals surface area contributed by atoms with Gasteiger partial charge in [0.2, 0.25) is 0 Å². The number of rotatable bonds is 5. The molecule has 2 N–H and O–H groups in total. The summed E-state index contributed by atoms with van der Waals surface area (Å²) in [5.41, 5.74) is 3.58. The van der Waals surface area contributed by atoms with Crippen molar-refractivity contribution in [3.8, 4) is 23.8 Å². The first-order chi connectivity index (χ1) is 11.0. The molecule has 0 saturated carbocycles. The molecular weight excluding hydrogens is 310 g/mol. The second-order valence-corrected chi connectivity index (χ2v) is 5.77. The molecule has 0 aromatic heterocycles. The van der Waals surface area contributed by atoms with E-state index in [1.54, 1.807) is 6.07 Å². The summed E-state index contributed by atoms with van der Waals surface area (Å²) in [5, 5.41) is 13.7. The Kier molecular flexibility index (Phi) is 5.68. The van der Waals surface area contributed by atoms with Gasteiger partial charge in [-0.15, -0.1) is 6.42 Å². The van der Waals surface area contributed by atoms with Crippen LogP contribution in [0.1, 0.15) is 28.4 Å². The van der Waals surface area contributed by atoms with Crippen molar-refractivity contribution in [2.45, 2.75) is 26.5 Å². The van der Waals surface area contributed by atoms with Crippen molar-refractivity contribution < 1.29 is 9.84 Å². The van der Waals surface area contributed by atoms with Gasteiger partial charge in [-0.05, 0) is 55.8 Å².